The highest BCUT2D eigenvalue weighted by atomic mass is 16.1. The molecule has 1 aromatic rings. The molecule has 3 nitrogen and oxygen atoms in total. The van der Waals surface area contributed by atoms with Crippen molar-refractivity contribution in [3.63, 3.8) is 0 Å². The summed E-state index contributed by atoms with van der Waals surface area (Å²) in [6.07, 6.45) is 3.24. The van der Waals surface area contributed by atoms with E-state index < -0.39 is 0 Å². The third kappa shape index (κ3) is 2.40. The lowest BCUT2D eigenvalue weighted by molar-refractivity contribution is 0.0952. The maximum Gasteiger partial charge on any atom is 0.270 e. The molecule has 0 saturated carbocycles. The molecule has 0 saturated heterocycles. The van der Waals surface area contributed by atoms with Crippen LogP contribution < -0.4 is 5.32 Å². The van der Waals surface area contributed by atoms with Gasteiger partial charge in [-0.3, -0.25) is 9.78 Å². The molecule has 3 heteroatoms. The van der Waals surface area contributed by atoms with E-state index in [4.69, 9.17) is 0 Å². The van der Waals surface area contributed by atoms with Crippen molar-refractivity contribution in [2.24, 2.45) is 0 Å². The number of hydrogen-bond acceptors (Lipinski definition) is 2. The largest absolute Gasteiger partial charge is 0.347 e. The molecule has 1 amide bonds. The zero-order valence-electron chi connectivity index (χ0n) is 7.58. The molecule has 1 rings (SSSR count). The third-order valence-corrected chi connectivity index (χ3v) is 1.63. The number of amides is 1. The molecule has 0 fully saturated rings. The zero-order valence-corrected chi connectivity index (χ0v) is 7.58. The first-order valence-electron chi connectivity index (χ1n) is 4.06. The van der Waals surface area contributed by atoms with Crippen LogP contribution in [0, 0.1) is 6.92 Å². The molecule has 13 heavy (non-hydrogen) atoms. The summed E-state index contributed by atoms with van der Waals surface area (Å²) in [5.74, 6) is -0.155. The summed E-state index contributed by atoms with van der Waals surface area (Å²) in [6, 6.07) is 3.66. The number of nitrogens with zero attached hydrogens (tertiary/aromatic N) is 1. The summed E-state index contributed by atoms with van der Waals surface area (Å²) in [6.45, 7) is 5.84. The van der Waals surface area contributed by atoms with Gasteiger partial charge in [-0.2, -0.15) is 0 Å². The van der Waals surface area contributed by atoms with Gasteiger partial charge in [0, 0.05) is 12.7 Å². The number of carbonyl (C=O) groups excluding carboxylic acids is 1. The molecular weight excluding hydrogens is 164 g/mol. The van der Waals surface area contributed by atoms with Gasteiger partial charge in [-0.15, -0.1) is 6.58 Å². The van der Waals surface area contributed by atoms with Gasteiger partial charge in [-0.05, 0) is 18.6 Å². The van der Waals surface area contributed by atoms with Gasteiger partial charge in [0.1, 0.15) is 5.69 Å². The van der Waals surface area contributed by atoms with Gasteiger partial charge in [-0.1, -0.05) is 12.1 Å². The molecule has 0 bridgehead atoms. The number of rotatable bonds is 3. The van der Waals surface area contributed by atoms with Gasteiger partial charge < -0.3 is 5.32 Å². The lowest BCUT2D eigenvalue weighted by Crippen LogP contribution is -2.24. The van der Waals surface area contributed by atoms with Crippen molar-refractivity contribution >= 4 is 5.91 Å². The predicted molar refractivity (Wildman–Crippen MR) is 51.5 cm³/mol. The molecule has 1 aromatic heterocycles. The third-order valence-electron chi connectivity index (χ3n) is 1.63. The van der Waals surface area contributed by atoms with E-state index in [2.05, 4.69) is 16.9 Å². The summed E-state index contributed by atoms with van der Waals surface area (Å²) in [5.41, 5.74) is 1.36. The molecule has 0 aliphatic heterocycles. The summed E-state index contributed by atoms with van der Waals surface area (Å²) in [7, 11) is 0. The molecule has 0 aromatic carbocycles. The van der Waals surface area contributed by atoms with Crippen LogP contribution in [0.25, 0.3) is 0 Å². The molecule has 0 aliphatic carbocycles. The summed E-state index contributed by atoms with van der Waals surface area (Å²) in [4.78, 5) is 15.4. The first kappa shape index (κ1) is 9.45. The normalized spacial score (nSPS) is 9.31. The Kier molecular flexibility index (Phi) is 3.20. The monoisotopic (exact) mass is 176 g/mol. The molecule has 1 heterocycles. The Balaban J connectivity index is 2.76. The Morgan fingerprint density at radius 1 is 1.77 bits per heavy atom. The number of carbonyl (C=O) groups is 1. The summed E-state index contributed by atoms with van der Waals surface area (Å²) >= 11 is 0. The standard InChI is InChI=1S/C10H12N2O/c1-3-6-12-10(13)9-8(2)5-4-7-11-9/h3-5,7H,1,6H2,2H3,(H,12,13). The summed E-state index contributed by atoms with van der Waals surface area (Å²) in [5, 5.41) is 2.67. The lowest BCUT2D eigenvalue weighted by Gasteiger charge is -2.03. The number of aryl methyl sites for hydroxylation is 1. The van der Waals surface area contributed by atoms with Gasteiger partial charge in [0.05, 0.1) is 0 Å². The van der Waals surface area contributed by atoms with Crippen molar-refractivity contribution in [2.75, 3.05) is 6.54 Å². The summed E-state index contributed by atoms with van der Waals surface area (Å²) < 4.78 is 0. The molecule has 1 N–H and O–H groups in total. The van der Waals surface area contributed by atoms with Gasteiger partial charge in [-0.25, -0.2) is 0 Å². The Hall–Kier alpha value is -1.64. The number of aromatic nitrogens is 1. The minimum atomic E-state index is -0.155. The lowest BCUT2D eigenvalue weighted by atomic mass is 10.2. The second-order valence-electron chi connectivity index (χ2n) is 2.67. The zero-order chi connectivity index (χ0) is 9.68. The van der Waals surface area contributed by atoms with E-state index in [1.165, 1.54) is 0 Å². The first-order chi connectivity index (χ1) is 6.25. The maximum atomic E-state index is 11.4. The minimum absolute atomic E-state index is 0.155. The fraction of sp³-hybridized carbons (Fsp3) is 0.200. The average Bonchev–Trinajstić information content (AvgIpc) is 2.15. The molecule has 0 radical (unpaired) electrons. The quantitative estimate of drug-likeness (QED) is 0.705. The predicted octanol–water partition coefficient (Wildman–Crippen LogP) is 1.31. The van der Waals surface area contributed by atoms with Gasteiger partial charge in [0.2, 0.25) is 0 Å². The minimum Gasteiger partial charge on any atom is -0.347 e. The van der Waals surface area contributed by atoms with Crippen LogP contribution >= 0.6 is 0 Å². The number of nitrogens with one attached hydrogen (secondary N) is 1. The first-order valence-corrected chi connectivity index (χ1v) is 4.06. The van der Waals surface area contributed by atoms with Crippen molar-refractivity contribution < 1.29 is 4.79 Å². The van der Waals surface area contributed by atoms with Crippen LogP contribution in [0.1, 0.15) is 16.1 Å². The average molecular weight is 176 g/mol. The van der Waals surface area contributed by atoms with E-state index in [1.54, 1.807) is 18.3 Å². The fourth-order valence-corrected chi connectivity index (χ4v) is 0.972. The Morgan fingerprint density at radius 3 is 3.15 bits per heavy atom. The molecule has 0 aliphatic rings. The van der Waals surface area contributed by atoms with Gasteiger partial charge in [0.15, 0.2) is 0 Å². The highest BCUT2D eigenvalue weighted by Crippen LogP contribution is 2.01. The number of pyridine rings is 1. The molecule has 0 atom stereocenters. The van der Waals surface area contributed by atoms with Crippen LogP contribution in [0.15, 0.2) is 31.0 Å². The molecule has 68 valence electrons. The Labute approximate surface area is 77.5 Å². The molecule has 0 unspecified atom stereocenters. The van der Waals surface area contributed by atoms with Crippen LogP contribution in [0.3, 0.4) is 0 Å². The highest BCUT2D eigenvalue weighted by Gasteiger charge is 2.07. The van der Waals surface area contributed by atoms with Crippen LogP contribution in [0.2, 0.25) is 0 Å². The van der Waals surface area contributed by atoms with Crippen molar-refractivity contribution in [1.82, 2.24) is 10.3 Å². The van der Waals surface area contributed by atoms with Crippen LogP contribution in [-0.2, 0) is 0 Å². The highest BCUT2D eigenvalue weighted by molar-refractivity contribution is 5.93. The second-order valence-corrected chi connectivity index (χ2v) is 2.67. The van der Waals surface area contributed by atoms with Gasteiger partial charge in [0.25, 0.3) is 5.91 Å². The second kappa shape index (κ2) is 4.40. The van der Waals surface area contributed by atoms with Crippen molar-refractivity contribution in [1.29, 1.82) is 0 Å². The van der Waals surface area contributed by atoms with Crippen molar-refractivity contribution in [3.8, 4) is 0 Å². The van der Waals surface area contributed by atoms with Crippen molar-refractivity contribution in [3.05, 3.63) is 42.2 Å². The van der Waals surface area contributed by atoms with E-state index >= 15 is 0 Å². The SMILES string of the molecule is C=CCNC(=O)c1ncccc1C. The smallest absolute Gasteiger partial charge is 0.270 e. The fourth-order valence-electron chi connectivity index (χ4n) is 0.972. The Bertz CT molecular complexity index is 320. The molecular formula is C10H12N2O. The van der Waals surface area contributed by atoms with Crippen LogP contribution in [0.4, 0.5) is 0 Å². The number of hydrogen-bond donors (Lipinski definition) is 1. The van der Waals surface area contributed by atoms with E-state index in [0.717, 1.165) is 5.56 Å². The van der Waals surface area contributed by atoms with E-state index in [1.807, 2.05) is 13.0 Å². The molecule has 0 spiro atoms. The van der Waals surface area contributed by atoms with Gasteiger partial charge >= 0.3 is 0 Å². The van der Waals surface area contributed by atoms with Crippen molar-refractivity contribution in [2.45, 2.75) is 6.92 Å². The van der Waals surface area contributed by atoms with E-state index in [9.17, 15) is 4.79 Å². The van der Waals surface area contributed by atoms with Crippen LogP contribution in [-0.4, -0.2) is 17.4 Å². The van der Waals surface area contributed by atoms with E-state index in [0.29, 0.717) is 12.2 Å². The van der Waals surface area contributed by atoms with Crippen LogP contribution in [0.5, 0.6) is 0 Å². The topological polar surface area (TPSA) is 42.0 Å². The Morgan fingerprint density at radius 2 is 2.54 bits per heavy atom. The van der Waals surface area contributed by atoms with E-state index in [-0.39, 0.29) is 5.91 Å². The maximum absolute atomic E-state index is 11.4.